The molecule has 0 spiro atoms. The van der Waals surface area contributed by atoms with Crippen molar-refractivity contribution in [3.8, 4) is 0 Å². The summed E-state index contributed by atoms with van der Waals surface area (Å²) in [5, 5.41) is 9.33. The number of thioether (sulfide) groups is 1. The Kier molecular flexibility index (Phi) is 4.07. The van der Waals surface area contributed by atoms with Crippen LogP contribution in [0.25, 0.3) is 10.9 Å². The molecule has 1 aromatic carbocycles. The van der Waals surface area contributed by atoms with E-state index in [-0.39, 0.29) is 0 Å². The topological polar surface area (TPSA) is 29.9 Å². The Hall–Kier alpha value is -1.00. The first-order valence-electron chi connectivity index (χ1n) is 5.85. The van der Waals surface area contributed by atoms with Crippen LogP contribution in [-0.4, -0.2) is 27.8 Å². The van der Waals surface area contributed by atoms with Crippen LogP contribution in [0.2, 0.25) is 0 Å². The van der Waals surface area contributed by atoms with Gasteiger partial charge in [0.05, 0.1) is 11.2 Å². The highest BCUT2D eigenvalue weighted by atomic mass is 32.2. The van der Waals surface area contributed by atoms with Crippen molar-refractivity contribution in [2.75, 3.05) is 12.0 Å². The van der Waals surface area contributed by atoms with E-state index in [1.54, 1.807) is 0 Å². The van der Waals surface area contributed by atoms with Gasteiger partial charge in [0.15, 0.2) is 0 Å². The molecule has 0 radical (unpaired) electrons. The van der Waals surface area contributed by atoms with Gasteiger partial charge in [0.1, 0.15) is 0 Å². The summed E-state index contributed by atoms with van der Waals surface area (Å²) in [6.07, 6.45) is 2.13. The number of nitrogens with one attached hydrogen (secondary N) is 1. The van der Waals surface area contributed by atoms with Crippen LogP contribution >= 0.6 is 11.8 Å². The van der Waals surface area contributed by atoms with Crippen molar-refractivity contribution >= 4 is 22.7 Å². The minimum Gasteiger partial charge on any atom is -0.308 e. The molecular weight excluding hydrogens is 230 g/mol. The van der Waals surface area contributed by atoms with Gasteiger partial charge in [0, 0.05) is 30.8 Å². The van der Waals surface area contributed by atoms with Gasteiger partial charge in [0.2, 0.25) is 0 Å². The third kappa shape index (κ3) is 2.82. The third-order valence-corrected chi connectivity index (χ3v) is 3.70. The largest absolute Gasteiger partial charge is 0.308 e. The minimum atomic E-state index is 0.519. The van der Waals surface area contributed by atoms with E-state index in [0.717, 1.165) is 18.0 Å². The lowest BCUT2D eigenvalue weighted by Gasteiger charge is -2.10. The lowest BCUT2D eigenvalue weighted by molar-refractivity contribution is 0.583. The van der Waals surface area contributed by atoms with Gasteiger partial charge in [-0.25, -0.2) is 0 Å². The molecule has 0 saturated heterocycles. The number of fused-ring (bicyclic) bond motifs is 1. The minimum absolute atomic E-state index is 0.519. The molecule has 4 heteroatoms. The van der Waals surface area contributed by atoms with E-state index in [4.69, 9.17) is 0 Å². The van der Waals surface area contributed by atoms with Gasteiger partial charge in [-0.15, -0.1) is 0 Å². The Labute approximate surface area is 107 Å². The molecule has 1 unspecified atom stereocenters. The summed E-state index contributed by atoms with van der Waals surface area (Å²) in [5.74, 6) is 1.13. The van der Waals surface area contributed by atoms with Crippen LogP contribution in [0.4, 0.5) is 0 Å². The Bertz CT molecular complexity index is 492. The van der Waals surface area contributed by atoms with Gasteiger partial charge >= 0.3 is 0 Å². The predicted molar refractivity (Wildman–Crippen MR) is 75.4 cm³/mol. The van der Waals surface area contributed by atoms with E-state index in [0.29, 0.717) is 6.04 Å². The van der Waals surface area contributed by atoms with Crippen molar-refractivity contribution in [1.29, 1.82) is 0 Å². The number of rotatable bonds is 5. The normalized spacial score (nSPS) is 13.1. The summed E-state index contributed by atoms with van der Waals surface area (Å²) in [5.41, 5.74) is 2.33. The number of hydrogen-bond acceptors (Lipinski definition) is 3. The molecule has 2 aromatic rings. The summed E-state index contributed by atoms with van der Waals surface area (Å²) < 4.78 is 1.95. The van der Waals surface area contributed by atoms with Crippen molar-refractivity contribution in [2.45, 2.75) is 19.5 Å². The molecule has 0 aliphatic carbocycles. The maximum atomic E-state index is 4.57. The van der Waals surface area contributed by atoms with E-state index in [9.17, 15) is 0 Å². The van der Waals surface area contributed by atoms with E-state index in [2.05, 4.69) is 47.9 Å². The summed E-state index contributed by atoms with van der Waals surface area (Å²) in [6, 6.07) is 8.89. The number of aromatic nitrogens is 2. The Morgan fingerprint density at radius 3 is 2.94 bits per heavy atom. The monoisotopic (exact) mass is 249 g/mol. The highest BCUT2D eigenvalue weighted by molar-refractivity contribution is 7.98. The van der Waals surface area contributed by atoms with Crippen LogP contribution in [-0.2, 0) is 13.6 Å². The number of nitrogens with zero attached hydrogens (tertiary/aromatic N) is 2. The van der Waals surface area contributed by atoms with Gasteiger partial charge in [0.25, 0.3) is 0 Å². The van der Waals surface area contributed by atoms with Crippen LogP contribution in [0.15, 0.2) is 24.3 Å². The quantitative estimate of drug-likeness (QED) is 0.882. The van der Waals surface area contributed by atoms with Crippen LogP contribution in [0, 0.1) is 0 Å². The third-order valence-electron chi connectivity index (χ3n) is 2.87. The van der Waals surface area contributed by atoms with Crippen molar-refractivity contribution < 1.29 is 0 Å². The standard InChI is InChI=1S/C13H19N3S/c1-10(9-17-3)14-8-12-11-6-4-5-7-13(11)16(2)15-12/h4-7,10,14H,8-9H2,1-3H3. The van der Waals surface area contributed by atoms with E-state index >= 15 is 0 Å². The molecule has 0 amide bonds. The number of para-hydroxylation sites is 1. The van der Waals surface area contributed by atoms with Crippen molar-refractivity contribution in [1.82, 2.24) is 15.1 Å². The fraction of sp³-hybridized carbons (Fsp3) is 0.462. The van der Waals surface area contributed by atoms with Crippen LogP contribution in [0.1, 0.15) is 12.6 Å². The van der Waals surface area contributed by atoms with Crippen LogP contribution in [0.3, 0.4) is 0 Å². The highest BCUT2D eigenvalue weighted by Crippen LogP contribution is 2.17. The molecule has 0 saturated carbocycles. The van der Waals surface area contributed by atoms with Gasteiger partial charge < -0.3 is 5.32 Å². The molecule has 92 valence electrons. The summed E-state index contributed by atoms with van der Waals surface area (Å²) in [4.78, 5) is 0. The van der Waals surface area contributed by atoms with Gasteiger partial charge in [-0.3, -0.25) is 4.68 Å². The van der Waals surface area contributed by atoms with Crippen molar-refractivity contribution in [3.05, 3.63) is 30.0 Å². The van der Waals surface area contributed by atoms with Gasteiger partial charge in [-0.2, -0.15) is 16.9 Å². The van der Waals surface area contributed by atoms with Crippen LogP contribution in [0.5, 0.6) is 0 Å². The maximum Gasteiger partial charge on any atom is 0.0841 e. The second-order valence-electron chi connectivity index (χ2n) is 4.32. The molecule has 0 bridgehead atoms. The van der Waals surface area contributed by atoms with Gasteiger partial charge in [-0.1, -0.05) is 18.2 Å². The fourth-order valence-corrected chi connectivity index (χ4v) is 2.62. The predicted octanol–water partition coefficient (Wildman–Crippen LogP) is 2.41. The summed E-state index contributed by atoms with van der Waals surface area (Å²) in [7, 11) is 2.00. The molecule has 1 N–H and O–H groups in total. The van der Waals surface area contributed by atoms with Crippen molar-refractivity contribution in [3.63, 3.8) is 0 Å². The smallest absolute Gasteiger partial charge is 0.0841 e. The lowest BCUT2D eigenvalue weighted by atomic mass is 10.2. The van der Waals surface area contributed by atoms with E-state index in [1.807, 2.05) is 23.5 Å². The first-order valence-corrected chi connectivity index (χ1v) is 7.24. The average Bonchev–Trinajstić information content (AvgIpc) is 2.65. The molecule has 2 rings (SSSR count). The first-order chi connectivity index (χ1) is 8.22. The van der Waals surface area contributed by atoms with Gasteiger partial charge in [-0.05, 0) is 19.2 Å². The molecular formula is C13H19N3S. The van der Waals surface area contributed by atoms with E-state index < -0.39 is 0 Å². The molecule has 1 heterocycles. The second-order valence-corrected chi connectivity index (χ2v) is 5.24. The molecule has 1 aromatic heterocycles. The Morgan fingerprint density at radius 2 is 2.18 bits per heavy atom. The zero-order valence-electron chi connectivity index (χ0n) is 10.6. The number of benzene rings is 1. The molecule has 17 heavy (non-hydrogen) atoms. The number of aryl methyl sites for hydroxylation is 1. The van der Waals surface area contributed by atoms with Crippen LogP contribution < -0.4 is 5.32 Å². The average molecular weight is 249 g/mol. The summed E-state index contributed by atoms with van der Waals surface area (Å²) in [6.45, 7) is 3.05. The Balaban J connectivity index is 2.13. The molecule has 0 aliphatic heterocycles. The number of hydrogen-bond donors (Lipinski definition) is 1. The fourth-order valence-electron chi connectivity index (χ4n) is 2.00. The molecule has 0 aliphatic rings. The molecule has 0 fully saturated rings. The van der Waals surface area contributed by atoms with Crippen molar-refractivity contribution in [2.24, 2.45) is 7.05 Å². The van der Waals surface area contributed by atoms with E-state index in [1.165, 1.54) is 10.9 Å². The zero-order chi connectivity index (χ0) is 12.3. The second kappa shape index (κ2) is 5.56. The SMILES string of the molecule is CSCC(C)NCc1nn(C)c2ccccc12. The molecule has 1 atom stereocenters. The zero-order valence-corrected chi connectivity index (χ0v) is 11.4. The highest BCUT2D eigenvalue weighted by Gasteiger charge is 2.08. The maximum absolute atomic E-state index is 4.57. The summed E-state index contributed by atoms with van der Waals surface area (Å²) >= 11 is 1.87. The first kappa shape index (κ1) is 12.5. The Morgan fingerprint density at radius 1 is 1.41 bits per heavy atom. The molecule has 3 nitrogen and oxygen atoms in total. The lowest BCUT2D eigenvalue weighted by Crippen LogP contribution is -2.27.